The number of ketones is 1. The highest BCUT2D eigenvalue weighted by molar-refractivity contribution is 8.00. The van der Waals surface area contributed by atoms with E-state index in [1.54, 1.807) is 24.5 Å². The number of nitrogens with zero attached hydrogens (tertiary/aromatic N) is 3. The van der Waals surface area contributed by atoms with E-state index in [0.717, 1.165) is 17.0 Å². The number of anilines is 1. The van der Waals surface area contributed by atoms with Crippen molar-refractivity contribution in [3.05, 3.63) is 72.2 Å². The van der Waals surface area contributed by atoms with Crippen LogP contribution in [0, 0.1) is 6.92 Å². The molecule has 0 radical (unpaired) electrons. The molecule has 9 heteroatoms. The molecular weight excluding hydrogens is 440 g/mol. The quantitative estimate of drug-likeness (QED) is 0.333. The van der Waals surface area contributed by atoms with E-state index < -0.39 is 5.25 Å². The average molecular weight is 461 g/mol. The molecule has 0 bridgehead atoms. The minimum absolute atomic E-state index is 0.0276. The van der Waals surface area contributed by atoms with Gasteiger partial charge in [-0.05, 0) is 50.2 Å². The Labute approximate surface area is 194 Å². The molecular formula is C24H20N4O4S. The molecule has 2 aromatic carbocycles. The van der Waals surface area contributed by atoms with E-state index in [2.05, 4.69) is 15.5 Å². The Morgan fingerprint density at radius 1 is 1.15 bits per heavy atom. The second kappa shape index (κ2) is 8.59. The third kappa shape index (κ3) is 4.03. The lowest BCUT2D eigenvalue weighted by Crippen LogP contribution is -2.25. The second-order valence-electron chi connectivity index (χ2n) is 7.54. The van der Waals surface area contributed by atoms with Crippen LogP contribution in [0.4, 0.5) is 5.69 Å². The first-order chi connectivity index (χ1) is 16.0. The molecule has 4 aromatic rings. The fourth-order valence-electron chi connectivity index (χ4n) is 3.63. The van der Waals surface area contributed by atoms with Gasteiger partial charge >= 0.3 is 0 Å². The summed E-state index contributed by atoms with van der Waals surface area (Å²) >= 11 is 1.32. The SMILES string of the molecule is Cc1occc1-c1nnc(SC(C)C(=O)c2ccc3c(c2)NC(=O)CO3)n1-c1ccccc1. The maximum Gasteiger partial charge on any atom is 0.262 e. The van der Waals surface area contributed by atoms with Crippen molar-refractivity contribution in [2.24, 2.45) is 0 Å². The lowest BCUT2D eigenvalue weighted by molar-refractivity contribution is -0.118. The zero-order valence-electron chi connectivity index (χ0n) is 17.9. The van der Waals surface area contributed by atoms with Crippen molar-refractivity contribution in [3.63, 3.8) is 0 Å². The average Bonchev–Trinajstić information content (AvgIpc) is 3.44. The molecule has 8 nitrogen and oxygen atoms in total. The van der Waals surface area contributed by atoms with Crippen molar-refractivity contribution in [2.45, 2.75) is 24.3 Å². The van der Waals surface area contributed by atoms with Crippen LogP contribution in [0.25, 0.3) is 17.1 Å². The van der Waals surface area contributed by atoms with Crippen molar-refractivity contribution in [1.29, 1.82) is 0 Å². The zero-order valence-corrected chi connectivity index (χ0v) is 18.8. The highest BCUT2D eigenvalue weighted by Gasteiger charge is 2.25. The first-order valence-corrected chi connectivity index (χ1v) is 11.2. The van der Waals surface area contributed by atoms with Gasteiger partial charge in [0.2, 0.25) is 0 Å². The number of benzene rings is 2. The number of aromatic nitrogens is 3. The van der Waals surface area contributed by atoms with Gasteiger partial charge in [-0.3, -0.25) is 14.2 Å². The van der Waals surface area contributed by atoms with Gasteiger partial charge in [-0.15, -0.1) is 10.2 Å². The molecule has 1 aliphatic heterocycles. The molecule has 0 saturated carbocycles. The zero-order chi connectivity index (χ0) is 22.9. The Morgan fingerprint density at radius 3 is 2.73 bits per heavy atom. The number of ether oxygens (including phenoxy) is 1. The highest BCUT2D eigenvalue weighted by Crippen LogP contribution is 2.34. The minimum Gasteiger partial charge on any atom is -0.482 e. The van der Waals surface area contributed by atoms with Gasteiger partial charge in [0.25, 0.3) is 5.91 Å². The Bertz CT molecular complexity index is 1350. The number of amides is 1. The number of hydrogen-bond donors (Lipinski definition) is 1. The summed E-state index contributed by atoms with van der Waals surface area (Å²) in [4.78, 5) is 24.8. The molecule has 2 aromatic heterocycles. The highest BCUT2D eigenvalue weighted by atomic mass is 32.2. The van der Waals surface area contributed by atoms with Crippen LogP contribution in [0.15, 0.2) is 70.4 Å². The van der Waals surface area contributed by atoms with Crippen LogP contribution >= 0.6 is 11.8 Å². The summed E-state index contributed by atoms with van der Waals surface area (Å²) in [6.07, 6.45) is 1.62. The normalized spacial score (nSPS) is 13.7. The van der Waals surface area contributed by atoms with Crippen LogP contribution in [-0.4, -0.2) is 38.3 Å². The molecule has 0 fully saturated rings. The fraction of sp³-hybridized carbons (Fsp3) is 0.167. The fourth-order valence-corrected chi connectivity index (χ4v) is 4.57. The summed E-state index contributed by atoms with van der Waals surface area (Å²) in [6.45, 7) is 3.67. The van der Waals surface area contributed by atoms with E-state index in [-0.39, 0.29) is 18.3 Å². The number of thioether (sulfide) groups is 1. The van der Waals surface area contributed by atoms with E-state index in [1.165, 1.54) is 11.8 Å². The Hall–Kier alpha value is -3.85. The third-order valence-electron chi connectivity index (χ3n) is 5.30. The van der Waals surface area contributed by atoms with E-state index in [0.29, 0.717) is 28.0 Å². The van der Waals surface area contributed by atoms with Crippen molar-refractivity contribution in [2.75, 3.05) is 11.9 Å². The van der Waals surface area contributed by atoms with Crippen LogP contribution in [0.2, 0.25) is 0 Å². The summed E-state index contributed by atoms with van der Waals surface area (Å²) in [5, 5.41) is 11.7. The molecule has 166 valence electrons. The van der Waals surface area contributed by atoms with Gasteiger partial charge in [-0.25, -0.2) is 0 Å². The van der Waals surface area contributed by atoms with Crippen LogP contribution in [0.3, 0.4) is 0 Å². The third-order valence-corrected chi connectivity index (χ3v) is 6.34. The lowest BCUT2D eigenvalue weighted by atomic mass is 10.1. The number of fused-ring (bicyclic) bond motifs is 1. The van der Waals surface area contributed by atoms with Gasteiger partial charge in [0, 0.05) is 11.3 Å². The lowest BCUT2D eigenvalue weighted by Gasteiger charge is -2.19. The predicted octanol–water partition coefficient (Wildman–Crippen LogP) is 4.53. The molecule has 1 atom stereocenters. The monoisotopic (exact) mass is 460 g/mol. The van der Waals surface area contributed by atoms with E-state index in [1.807, 2.05) is 54.8 Å². The van der Waals surface area contributed by atoms with Crippen molar-refractivity contribution in [3.8, 4) is 22.8 Å². The van der Waals surface area contributed by atoms with Gasteiger partial charge in [0.15, 0.2) is 23.4 Å². The predicted molar refractivity (Wildman–Crippen MR) is 124 cm³/mol. The first kappa shape index (κ1) is 21.0. The van der Waals surface area contributed by atoms with E-state index in [4.69, 9.17) is 9.15 Å². The molecule has 0 spiro atoms. The van der Waals surface area contributed by atoms with Crippen molar-refractivity contribution in [1.82, 2.24) is 14.8 Å². The molecule has 1 aliphatic rings. The number of para-hydroxylation sites is 1. The van der Waals surface area contributed by atoms with Crippen LogP contribution in [0.1, 0.15) is 23.0 Å². The molecule has 0 aliphatic carbocycles. The number of rotatable bonds is 6. The molecule has 3 heterocycles. The summed E-state index contributed by atoms with van der Waals surface area (Å²) in [5.41, 5.74) is 2.70. The van der Waals surface area contributed by atoms with Crippen LogP contribution < -0.4 is 10.1 Å². The molecule has 1 unspecified atom stereocenters. The number of hydrogen-bond acceptors (Lipinski definition) is 7. The smallest absolute Gasteiger partial charge is 0.262 e. The first-order valence-electron chi connectivity index (χ1n) is 10.3. The van der Waals surface area contributed by atoms with Crippen LogP contribution in [-0.2, 0) is 4.79 Å². The number of Topliss-reactive ketones (excluding diaryl/α,β-unsaturated/α-hetero) is 1. The number of aryl methyl sites for hydroxylation is 1. The summed E-state index contributed by atoms with van der Waals surface area (Å²) in [5.74, 6) is 1.59. The summed E-state index contributed by atoms with van der Waals surface area (Å²) < 4.78 is 12.8. The van der Waals surface area contributed by atoms with Gasteiger partial charge in [-0.1, -0.05) is 30.0 Å². The largest absolute Gasteiger partial charge is 0.482 e. The molecule has 1 N–H and O–H groups in total. The molecule has 0 saturated heterocycles. The number of carbonyl (C=O) groups is 2. The number of nitrogens with one attached hydrogen (secondary N) is 1. The minimum atomic E-state index is -0.451. The van der Waals surface area contributed by atoms with Gasteiger partial charge in [-0.2, -0.15) is 0 Å². The van der Waals surface area contributed by atoms with Crippen molar-refractivity contribution < 1.29 is 18.7 Å². The standard InChI is InChI=1S/C24H20N4O4S/c1-14-18(10-11-31-14)23-26-27-24(28(23)17-6-4-3-5-7-17)33-15(2)22(30)16-8-9-20-19(12-16)25-21(29)13-32-20/h3-12,15H,13H2,1-2H3,(H,25,29). The Kier molecular flexibility index (Phi) is 5.47. The molecule has 5 rings (SSSR count). The maximum atomic E-state index is 13.2. The van der Waals surface area contributed by atoms with Gasteiger partial charge in [0.05, 0.1) is 22.8 Å². The second-order valence-corrected chi connectivity index (χ2v) is 8.85. The van der Waals surface area contributed by atoms with Gasteiger partial charge in [0.1, 0.15) is 11.5 Å². The number of furan rings is 1. The summed E-state index contributed by atoms with van der Waals surface area (Å²) in [7, 11) is 0. The van der Waals surface area contributed by atoms with Crippen molar-refractivity contribution >= 4 is 29.1 Å². The Balaban J connectivity index is 1.46. The van der Waals surface area contributed by atoms with Crippen LogP contribution in [0.5, 0.6) is 5.75 Å². The Morgan fingerprint density at radius 2 is 1.97 bits per heavy atom. The van der Waals surface area contributed by atoms with Gasteiger partial charge < -0.3 is 14.5 Å². The number of carbonyl (C=O) groups excluding carboxylic acids is 2. The van der Waals surface area contributed by atoms with E-state index >= 15 is 0 Å². The van der Waals surface area contributed by atoms with E-state index in [9.17, 15) is 9.59 Å². The molecule has 33 heavy (non-hydrogen) atoms. The molecule has 1 amide bonds. The topological polar surface area (TPSA) is 99.2 Å². The maximum absolute atomic E-state index is 13.2. The summed E-state index contributed by atoms with van der Waals surface area (Å²) in [6, 6.07) is 16.6.